The van der Waals surface area contributed by atoms with Crippen LogP contribution in [0.1, 0.15) is 112 Å². The molecule has 1 spiro atoms. The summed E-state index contributed by atoms with van der Waals surface area (Å²) in [6.07, 6.45) is 8.73. The number of ketones is 1. The lowest BCUT2D eigenvalue weighted by molar-refractivity contribution is -0.153. The molecule has 4 N–H and O–H groups in total. The molecule has 4 atom stereocenters. The van der Waals surface area contributed by atoms with E-state index in [1.54, 1.807) is 28.4 Å². The minimum atomic E-state index is -1.02. The first kappa shape index (κ1) is 43.1. The van der Waals surface area contributed by atoms with Crippen LogP contribution in [0.5, 0.6) is 0 Å². The zero-order chi connectivity index (χ0) is 40.3. The lowest BCUT2D eigenvalue weighted by Crippen LogP contribution is -2.63. The number of urea groups is 1. The Balaban J connectivity index is 1.39. The number of likely N-dealkylation sites (tertiary alicyclic amines) is 2. The van der Waals surface area contributed by atoms with Crippen molar-refractivity contribution in [2.45, 2.75) is 140 Å². The molecule has 306 valence electrons. The molecule has 0 aromatic rings. The van der Waals surface area contributed by atoms with Crippen molar-refractivity contribution in [1.82, 2.24) is 31.1 Å². The Morgan fingerprint density at radius 3 is 2.11 bits per heavy atom. The fourth-order valence-corrected chi connectivity index (χ4v) is 11.7. The fourth-order valence-electron chi connectivity index (χ4n) is 8.42. The molecule has 0 radical (unpaired) electrons. The number of Topliss-reactive ketones (excluding diaryl/α,β-unsaturated/α-hetero) is 1. The standard InChI is InChI=1S/C40H62N6O7S2/c1-8-16-41-34(51)31(49)26(19-25-12-13-25)42-33(50)27-20-40(54-17-18-55-40)24-46(27)35(52)32(39(7)14-10-9-11-15-39)44-36(53)43-28(37(2,3)4)23-45-29(47)21-38(5,6)22-30(45)48/h8,25-28,32H,1,9-24H2,2-7H3,(H,41,51)(H,42,50)(H2,43,44,53)/t26?,27-,28-,32+/m0/s1. The van der Waals surface area contributed by atoms with E-state index in [1.165, 1.54) is 11.0 Å². The van der Waals surface area contributed by atoms with Gasteiger partial charge in [-0.25, -0.2) is 4.79 Å². The van der Waals surface area contributed by atoms with Gasteiger partial charge in [0.1, 0.15) is 12.1 Å². The van der Waals surface area contributed by atoms with Crippen LogP contribution >= 0.6 is 23.5 Å². The summed E-state index contributed by atoms with van der Waals surface area (Å²) in [6, 6.07) is -4.08. The van der Waals surface area contributed by atoms with Gasteiger partial charge in [-0.1, -0.05) is 79.7 Å². The average Bonchev–Trinajstić information content (AvgIpc) is 3.67. The molecule has 7 amide bonds. The summed E-state index contributed by atoms with van der Waals surface area (Å²) in [5.41, 5.74) is -1.58. The van der Waals surface area contributed by atoms with Crippen LogP contribution in [-0.2, 0) is 28.8 Å². The Bertz CT molecular complexity index is 1510. The molecular formula is C40H62N6O7S2. The van der Waals surface area contributed by atoms with Crippen LogP contribution in [0.2, 0.25) is 0 Å². The zero-order valence-corrected chi connectivity index (χ0v) is 35.2. The first-order valence-electron chi connectivity index (χ1n) is 20.0. The maximum Gasteiger partial charge on any atom is 0.315 e. The van der Waals surface area contributed by atoms with E-state index < -0.39 is 68.1 Å². The average molecular weight is 803 g/mol. The SMILES string of the molecule is C=CCNC(=O)C(=O)C(CC1CC1)NC(=O)[C@@H]1CC2(CN1C(=O)[C@@H](NC(=O)N[C@@H](CN1C(=O)CC(C)(C)CC1=O)C(C)(C)C)C1(C)CCCCC1)SCCS2. The quantitative estimate of drug-likeness (QED) is 0.114. The molecule has 1 unspecified atom stereocenters. The van der Waals surface area contributed by atoms with Crippen molar-refractivity contribution in [3.63, 3.8) is 0 Å². The van der Waals surface area contributed by atoms with Crippen molar-refractivity contribution in [3.05, 3.63) is 12.7 Å². The molecule has 0 bridgehead atoms. The van der Waals surface area contributed by atoms with Crippen molar-refractivity contribution in [2.75, 3.05) is 31.1 Å². The zero-order valence-electron chi connectivity index (χ0n) is 33.6. The molecule has 15 heteroatoms. The van der Waals surface area contributed by atoms with Crippen molar-refractivity contribution < 1.29 is 33.6 Å². The Hall–Kier alpha value is -3.07. The highest BCUT2D eigenvalue weighted by molar-refractivity contribution is 8.21. The Labute approximate surface area is 334 Å². The number of piperidine rings is 1. The number of carbonyl (C=O) groups is 7. The van der Waals surface area contributed by atoms with Crippen LogP contribution in [-0.4, -0.2) is 111 Å². The van der Waals surface area contributed by atoms with Gasteiger partial charge in [0, 0.05) is 50.4 Å². The minimum Gasteiger partial charge on any atom is -0.346 e. The predicted octanol–water partition coefficient (Wildman–Crippen LogP) is 4.15. The van der Waals surface area contributed by atoms with E-state index in [0.29, 0.717) is 32.2 Å². The number of nitrogens with one attached hydrogen (secondary N) is 4. The lowest BCUT2D eigenvalue weighted by atomic mass is 9.70. The topological polar surface area (TPSA) is 174 Å². The van der Waals surface area contributed by atoms with Gasteiger partial charge in [-0.05, 0) is 41.4 Å². The summed E-state index contributed by atoms with van der Waals surface area (Å²) >= 11 is 3.46. The second-order valence-electron chi connectivity index (χ2n) is 18.5. The van der Waals surface area contributed by atoms with Crippen molar-refractivity contribution in [3.8, 4) is 0 Å². The molecule has 3 heterocycles. The van der Waals surface area contributed by atoms with Gasteiger partial charge in [0.2, 0.25) is 29.4 Å². The number of thioether (sulfide) groups is 2. The van der Waals surface area contributed by atoms with Gasteiger partial charge in [-0.2, -0.15) is 0 Å². The molecular weight excluding hydrogens is 741 g/mol. The van der Waals surface area contributed by atoms with E-state index in [-0.39, 0.29) is 49.6 Å². The van der Waals surface area contributed by atoms with E-state index in [4.69, 9.17) is 0 Å². The molecule has 0 aromatic heterocycles. The highest BCUT2D eigenvalue weighted by Gasteiger charge is 2.55. The normalized spacial score (nSPS) is 24.8. The highest BCUT2D eigenvalue weighted by atomic mass is 32.2. The maximum atomic E-state index is 15.1. The summed E-state index contributed by atoms with van der Waals surface area (Å²) in [4.78, 5) is 98.6. The third-order valence-corrected chi connectivity index (χ3v) is 15.4. The fraction of sp³-hybridized carbons (Fsp3) is 0.775. The summed E-state index contributed by atoms with van der Waals surface area (Å²) in [5.74, 6) is -0.868. The van der Waals surface area contributed by atoms with E-state index in [2.05, 4.69) is 27.8 Å². The molecule has 2 saturated carbocycles. The van der Waals surface area contributed by atoms with E-state index in [1.807, 2.05) is 41.5 Å². The lowest BCUT2D eigenvalue weighted by Gasteiger charge is -2.43. The third-order valence-electron chi connectivity index (χ3n) is 12.0. The second kappa shape index (κ2) is 17.2. The predicted molar refractivity (Wildman–Crippen MR) is 215 cm³/mol. The van der Waals surface area contributed by atoms with Gasteiger partial charge >= 0.3 is 6.03 Å². The molecule has 5 fully saturated rings. The number of hydrogen-bond donors (Lipinski definition) is 4. The van der Waals surface area contributed by atoms with Crippen molar-refractivity contribution in [1.29, 1.82) is 0 Å². The van der Waals surface area contributed by atoms with Crippen LogP contribution in [0.4, 0.5) is 4.79 Å². The van der Waals surface area contributed by atoms with Gasteiger partial charge < -0.3 is 26.2 Å². The Kier molecular flexibility index (Phi) is 13.5. The number of amides is 7. The molecule has 5 aliphatic rings. The van der Waals surface area contributed by atoms with Crippen molar-refractivity contribution >= 4 is 64.9 Å². The summed E-state index contributed by atoms with van der Waals surface area (Å²) in [6.45, 7) is 15.6. The largest absolute Gasteiger partial charge is 0.346 e. The highest BCUT2D eigenvalue weighted by Crippen LogP contribution is 2.52. The minimum absolute atomic E-state index is 0.0121. The molecule has 0 aromatic carbocycles. The molecule has 3 aliphatic heterocycles. The first-order valence-corrected chi connectivity index (χ1v) is 22.0. The molecule has 5 rings (SSSR count). The summed E-state index contributed by atoms with van der Waals surface area (Å²) in [7, 11) is 0. The van der Waals surface area contributed by atoms with Gasteiger partial charge in [0.05, 0.1) is 16.2 Å². The second-order valence-corrected chi connectivity index (χ2v) is 21.7. The van der Waals surface area contributed by atoms with Gasteiger partial charge in [0.25, 0.3) is 5.91 Å². The first-order chi connectivity index (χ1) is 25.8. The molecule has 2 aliphatic carbocycles. The van der Waals surface area contributed by atoms with Crippen molar-refractivity contribution in [2.24, 2.45) is 22.2 Å². The number of rotatable bonds is 14. The molecule has 55 heavy (non-hydrogen) atoms. The van der Waals surface area contributed by atoms with Crippen LogP contribution in [0.3, 0.4) is 0 Å². The number of carbonyl (C=O) groups excluding carboxylic acids is 7. The van der Waals surface area contributed by atoms with Gasteiger partial charge in [-0.15, -0.1) is 30.1 Å². The molecule has 3 saturated heterocycles. The third kappa shape index (κ3) is 10.7. The van der Waals surface area contributed by atoms with E-state index in [0.717, 1.165) is 43.6 Å². The number of imide groups is 1. The van der Waals surface area contributed by atoms with Crippen LogP contribution in [0, 0.1) is 22.2 Å². The Morgan fingerprint density at radius 1 is 0.927 bits per heavy atom. The number of hydrogen-bond acceptors (Lipinski definition) is 9. The maximum absolute atomic E-state index is 15.1. The summed E-state index contributed by atoms with van der Waals surface area (Å²) in [5, 5.41) is 11.5. The van der Waals surface area contributed by atoms with Crippen LogP contribution in [0.15, 0.2) is 12.7 Å². The van der Waals surface area contributed by atoms with E-state index >= 15 is 4.79 Å². The molecule has 13 nitrogen and oxygen atoms in total. The van der Waals surface area contributed by atoms with Gasteiger partial charge in [0.15, 0.2) is 0 Å². The smallest absolute Gasteiger partial charge is 0.315 e. The van der Waals surface area contributed by atoms with E-state index in [9.17, 15) is 28.8 Å². The number of nitrogens with zero attached hydrogens (tertiary/aromatic N) is 2. The summed E-state index contributed by atoms with van der Waals surface area (Å²) < 4.78 is -0.408. The van der Waals surface area contributed by atoms with Crippen LogP contribution < -0.4 is 21.3 Å². The monoisotopic (exact) mass is 802 g/mol. The van der Waals surface area contributed by atoms with Gasteiger partial charge in [-0.3, -0.25) is 33.7 Å². The van der Waals surface area contributed by atoms with Crippen LogP contribution in [0.25, 0.3) is 0 Å². The Morgan fingerprint density at radius 2 is 1.55 bits per heavy atom.